The van der Waals surface area contributed by atoms with E-state index in [4.69, 9.17) is 4.98 Å². The molecule has 8 aromatic rings. The van der Waals surface area contributed by atoms with E-state index in [0.717, 1.165) is 60.3 Å². The van der Waals surface area contributed by atoms with E-state index in [1.807, 2.05) is 24.4 Å². The molecule has 4 nitrogen and oxygen atoms in total. The molecular weight excluding hydrogens is 806 g/mol. The van der Waals surface area contributed by atoms with Gasteiger partial charge in [0.2, 0.25) is 0 Å². The van der Waals surface area contributed by atoms with Gasteiger partial charge in [0.05, 0.1) is 28.0 Å². The first-order valence-electron chi connectivity index (χ1n) is 21.5. The van der Waals surface area contributed by atoms with Gasteiger partial charge in [-0.2, -0.15) is 13.2 Å². The van der Waals surface area contributed by atoms with E-state index in [-0.39, 0.29) is 16.2 Å². The van der Waals surface area contributed by atoms with Gasteiger partial charge in [0, 0.05) is 38.1 Å². The van der Waals surface area contributed by atoms with Crippen molar-refractivity contribution in [2.75, 3.05) is 16.5 Å². The predicted molar refractivity (Wildman–Crippen MR) is 258 cm³/mol. The van der Waals surface area contributed by atoms with Crippen LogP contribution in [-0.2, 0) is 22.4 Å². The highest BCUT2D eigenvalue weighted by Crippen LogP contribution is 2.47. The third-order valence-electron chi connectivity index (χ3n) is 12.2. The van der Waals surface area contributed by atoms with Crippen molar-refractivity contribution in [2.45, 2.75) is 94.5 Å². The third kappa shape index (κ3) is 8.22. The minimum absolute atomic E-state index is 0.000124. The quantitative estimate of drug-likeness (QED) is 0.166. The van der Waals surface area contributed by atoms with E-state index in [9.17, 15) is 13.2 Å². The van der Waals surface area contributed by atoms with Gasteiger partial charge in [0.15, 0.2) is 0 Å². The molecule has 0 saturated carbocycles. The zero-order chi connectivity index (χ0) is 44.6. The molecule has 0 N–H and O–H groups in total. The zero-order valence-corrected chi connectivity index (χ0v) is 38.2. The Kier molecular flexibility index (Phi) is 10.3. The zero-order valence-electron chi connectivity index (χ0n) is 37.4. The summed E-state index contributed by atoms with van der Waals surface area (Å²) in [4.78, 5) is 11.9. The summed E-state index contributed by atoms with van der Waals surface area (Å²) in [7, 11) is 0. The van der Waals surface area contributed by atoms with Crippen LogP contribution >= 0.6 is 11.8 Å². The number of rotatable bonds is 6. The number of benzene rings is 6. The Morgan fingerprint density at radius 1 is 0.476 bits per heavy atom. The van der Waals surface area contributed by atoms with Crippen LogP contribution < -0.4 is 9.80 Å². The Bertz CT molecular complexity index is 3000. The van der Waals surface area contributed by atoms with Gasteiger partial charge >= 0.3 is 6.18 Å². The third-order valence-corrected chi connectivity index (χ3v) is 13.2. The van der Waals surface area contributed by atoms with E-state index in [0.29, 0.717) is 12.2 Å². The molecule has 0 spiro atoms. The molecule has 2 aromatic heterocycles. The molecule has 1 aliphatic heterocycles. The second kappa shape index (κ2) is 15.4. The molecular formula is C55H53F3N4S. The molecule has 0 aliphatic carbocycles. The summed E-state index contributed by atoms with van der Waals surface area (Å²) in [5.74, 6) is 0.790. The summed E-state index contributed by atoms with van der Waals surface area (Å²) >= 11 is 1.71. The van der Waals surface area contributed by atoms with Gasteiger partial charge in [-0.1, -0.05) is 123 Å². The van der Waals surface area contributed by atoms with Crippen LogP contribution in [0, 0.1) is 0 Å². The van der Waals surface area contributed by atoms with E-state index >= 15 is 0 Å². The Labute approximate surface area is 373 Å². The monoisotopic (exact) mass is 858 g/mol. The van der Waals surface area contributed by atoms with Crippen molar-refractivity contribution in [1.82, 2.24) is 9.55 Å². The molecule has 0 atom stereocenters. The van der Waals surface area contributed by atoms with Crippen LogP contribution in [0.2, 0.25) is 0 Å². The fourth-order valence-electron chi connectivity index (χ4n) is 8.51. The van der Waals surface area contributed by atoms with Crippen molar-refractivity contribution in [3.63, 3.8) is 0 Å². The summed E-state index contributed by atoms with van der Waals surface area (Å²) in [5, 5.41) is 1.94. The summed E-state index contributed by atoms with van der Waals surface area (Å²) in [5.41, 5.74) is 10.8. The van der Waals surface area contributed by atoms with Crippen molar-refractivity contribution in [3.8, 4) is 16.9 Å². The molecule has 1 aliphatic rings. The molecule has 0 fully saturated rings. The van der Waals surface area contributed by atoms with Gasteiger partial charge in [-0.15, -0.1) is 0 Å². The minimum atomic E-state index is -4.43. The van der Waals surface area contributed by atoms with Crippen molar-refractivity contribution in [2.24, 2.45) is 0 Å². The lowest BCUT2D eigenvalue weighted by atomic mass is 9.80. The fourth-order valence-corrected chi connectivity index (χ4v) is 9.42. The maximum atomic E-state index is 13.8. The minimum Gasteiger partial charge on any atom is -0.321 e. The molecule has 0 radical (unpaired) electrons. The maximum Gasteiger partial charge on any atom is 0.416 e. The van der Waals surface area contributed by atoms with Crippen LogP contribution in [0.1, 0.15) is 84.6 Å². The predicted octanol–water partition coefficient (Wildman–Crippen LogP) is 16.2. The molecule has 0 unspecified atom stereocenters. The van der Waals surface area contributed by atoms with Gasteiger partial charge in [0.1, 0.15) is 12.5 Å². The molecule has 0 saturated heterocycles. The van der Waals surface area contributed by atoms with Crippen LogP contribution in [-0.4, -0.2) is 16.2 Å². The normalized spacial score (nSPS) is 13.7. The number of hydrogen-bond donors (Lipinski definition) is 0. The number of pyridine rings is 1. The van der Waals surface area contributed by atoms with Crippen molar-refractivity contribution >= 4 is 56.3 Å². The first-order chi connectivity index (χ1) is 29.7. The lowest BCUT2D eigenvalue weighted by molar-refractivity contribution is -0.137. The largest absolute Gasteiger partial charge is 0.416 e. The number of fused-ring (bicyclic) bond motifs is 4. The van der Waals surface area contributed by atoms with E-state index in [1.165, 1.54) is 40.3 Å². The van der Waals surface area contributed by atoms with E-state index in [2.05, 4.69) is 174 Å². The van der Waals surface area contributed by atoms with Gasteiger partial charge < -0.3 is 9.80 Å². The Morgan fingerprint density at radius 3 is 1.78 bits per heavy atom. The lowest BCUT2D eigenvalue weighted by Crippen LogP contribution is -2.25. The molecule has 320 valence electrons. The van der Waals surface area contributed by atoms with Gasteiger partial charge in [-0.25, -0.2) is 4.98 Å². The first-order valence-corrected chi connectivity index (χ1v) is 22.3. The summed E-state index contributed by atoms with van der Waals surface area (Å²) in [6.07, 6.45) is -2.57. The highest BCUT2D eigenvalue weighted by atomic mass is 32.2. The number of alkyl halides is 3. The van der Waals surface area contributed by atoms with Gasteiger partial charge in [-0.3, -0.25) is 4.57 Å². The number of hydrogen-bond acceptors (Lipinski definition) is 4. The highest BCUT2D eigenvalue weighted by molar-refractivity contribution is 7.99. The smallest absolute Gasteiger partial charge is 0.321 e. The summed E-state index contributed by atoms with van der Waals surface area (Å²) < 4.78 is 43.5. The van der Waals surface area contributed by atoms with Crippen molar-refractivity contribution in [1.29, 1.82) is 0 Å². The van der Waals surface area contributed by atoms with Gasteiger partial charge in [-0.05, 0) is 135 Å². The average Bonchev–Trinajstić information content (AvgIpc) is 3.78. The standard InChI is InChI=1S/C55H53F3N4S/c1-52(2,3)37-24-25-59-51(31-37)62-47-23-20-36(35-14-12-15-38(26-35)55(56,57)58)27-46(47)45-22-21-44(33-50(45)62)63-43-17-13-16-41(32-43)60-34-61(49-19-11-10-18-48(49)60)42-29-39(53(4,5)6)28-40(30-42)54(7,8)9/h10-33H,34H2,1-9H3. The van der Waals surface area contributed by atoms with Crippen LogP contribution in [0.3, 0.4) is 0 Å². The number of para-hydroxylation sites is 2. The number of anilines is 4. The Morgan fingerprint density at radius 2 is 1.11 bits per heavy atom. The second-order valence-corrected chi connectivity index (χ2v) is 21.0. The van der Waals surface area contributed by atoms with E-state index < -0.39 is 11.7 Å². The molecule has 3 heterocycles. The second-order valence-electron chi connectivity index (χ2n) is 19.8. The molecule has 63 heavy (non-hydrogen) atoms. The molecule has 0 bridgehead atoms. The molecule has 6 aromatic carbocycles. The number of halogens is 3. The lowest BCUT2D eigenvalue weighted by Gasteiger charge is -2.29. The van der Waals surface area contributed by atoms with Crippen molar-refractivity contribution in [3.05, 3.63) is 168 Å². The van der Waals surface area contributed by atoms with Crippen LogP contribution in [0.25, 0.3) is 38.8 Å². The number of aromatic nitrogens is 2. The molecule has 0 amide bonds. The number of nitrogens with zero attached hydrogens (tertiary/aromatic N) is 4. The SMILES string of the molecule is CC(C)(C)c1cc(N2CN(c3cccc(Sc4ccc5c6cc(-c7cccc(C(F)(F)F)c7)ccc6n(-c6cc(C(C)(C)C)ccn6)c5c4)c3)c3ccccc32)cc(C(C)(C)C)c1. The average molecular weight is 859 g/mol. The van der Waals surface area contributed by atoms with Crippen molar-refractivity contribution < 1.29 is 13.2 Å². The Hall–Kier alpha value is -5.99. The van der Waals surface area contributed by atoms with E-state index in [1.54, 1.807) is 17.8 Å². The summed E-state index contributed by atoms with van der Waals surface area (Å²) in [6.45, 7) is 20.9. The van der Waals surface area contributed by atoms with Crippen LogP contribution in [0.15, 0.2) is 156 Å². The summed E-state index contributed by atoms with van der Waals surface area (Å²) in [6, 6.07) is 46.7. The topological polar surface area (TPSA) is 24.3 Å². The molecule has 8 heteroatoms. The first kappa shape index (κ1) is 42.3. The Balaban J connectivity index is 1.10. The van der Waals surface area contributed by atoms with Crippen LogP contribution in [0.4, 0.5) is 35.9 Å². The van der Waals surface area contributed by atoms with Crippen LogP contribution in [0.5, 0.6) is 0 Å². The maximum absolute atomic E-state index is 13.8. The molecule has 9 rings (SSSR count). The fraction of sp³-hybridized carbons (Fsp3) is 0.255. The highest BCUT2D eigenvalue weighted by Gasteiger charge is 2.32. The van der Waals surface area contributed by atoms with Gasteiger partial charge in [0.25, 0.3) is 0 Å².